The van der Waals surface area contributed by atoms with Crippen LogP contribution in [0.15, 0.2) is 54.6 Å². The van der Waals surface area contributed by atoms with Crippen LogP contribution in [0.5, 0.6) is 5.75 Å². The summed E-state index contributed by atoms with van der Waals surface area (Å²) in [5, 5.41) is 12.0. The second-order valence-corrected chi connectivity index (χ2v) is 5.86. The Bertz CT molecular complexity index is 844. The number of carbonyl (C=O) groups is 1. The number of aromatic nitrogens is 2. The van der Waals surface area contributed by atoms with Crippen LogP contribution in [0.2, 0.25) is 0 Å². The molecule has 1 amide bonds. The van der Waals surface area contributed by atoms with Crippen LogP contribution in [0.1, 0.15) is 12.7 Å². The van der Waals surface area contributed by atoms with Gasteiger partial charge in [0, 0.05) is 6.54 Å². The predicted octanol–water partition coefficient (Wildman–Crippen LogP) is 2.11. The summed E-state index contributed by atoms with van der Waals surface area (Å²) in [4.78, 5) is 16.8. The largest absolute Gasteiger partial charge is 0.486 e. The lowest BCUT2D eigenvalue weighted by Gasteiger charge is -2.11. The summed E-state index contributed by atoms with van der Waals surface area (Å²) in [5.41, 5.74) is 1.69. The van der Waals surface area contributed by atoms with Crippen molar-refractivity contribution in [3.05, 3.63) is 60.4 Å². The molecule has 130 valence electrons. The summed E-state index contributed by atoms with van der Waals surface area (Å²) in [6.45, 7) is 2.25. The lowest BCUT2D eigenvalue weighted by molar-refractivity contribution is -0.122. The van der Waals surface area contributed by atoms with Gasteiger partial charge in [0.15, 0.2) is 0 Å². The fraction of sp³-hybridized carbons (Fsp3) is 0.263. The van der Waals surface area contributed by atoms with E-state index in [1.807, 2.05) is 59.2 Å². The van der Waals surface area contributed by atoms with Gasteiger partial charge < -0.3 is 19.7 Å². The number of hydrogen-bond acceptors (Lipinski definition) is 4. The number of rotatable bonds is 7. The first kappa shape index (κ1) is 17.0. The maximum absolute atomic E-state index is 12.2. The molecule has 0 aliphatic carbocycles. The Hall–Kier alpha value is -2.86. The van der Waals surface area contributed by atoms with Gasteiger partial charge in [-0.15, -0.1) is 0 Å². The number of ether oxygens (including phenoxy) is 1. The fourth-order valence-corrected chi connectivity index (χ4v) is 2.54. The van der Waals surface area contributed by atoms with E-state index in [0.717, 1.165) is 16.8 Å². The third-order valence-electron chi connectivity index (χ3n) is 3.74. The van der Waals surface area contributed by atoms with E-state index in [2.05, 4.69) is 10.3 Å². The molecule has 0 bridgehead atoms. The topological polar surface area (TPSA) is 76.4 Å². The molecule has 3 aromatic rings. The van der Waals surface area contributed by atoms with Crippen molar-refractivity contribution >= 4 is 16.9 Å². The molecule has 1 heterocycles. The first-order chi connectivity index (χ1) is 12.1. The van der Waals surface area contributed by atoms with E-state index in [1.54, 1.807) is 6.92 Å². The zero-order valence-corrected chi connectivity index (χ0v) is 14.1. The molecule has 25 heavy (non-hydrogen) atoms. The standard InChI is InChI=1S/C19H21N3O3/c1-14(23)11-20-19(24)12-22-17-10-6-5-9-16(17)21-18(22)13-25-15-7-3-2-4-8-15/h2-10,14,23H,11-13H2,1H3,(H,20,24). The van der Waals surface area contributed by atoms with Gasteiger partial charge in [-0.1, -0.05) is 30.3 Å². The summed E-state index contributed by atoms with van der Waals surface area (Å²) in [7, 11) is 0. The average Bonchev–Trinajstić information content (AvgIpc) is 2.97. The van der Waals surface area contributed by atoms with Gasteiger partial charge in [0.2, 0.25) is 5.91 Å². The number of benzene rings is 2. The molecule has 1 aromatic heterocycles. The lowest BCUT2D eigenvalue weighted by Crippen LogP contribution is -2.33. The summed E-state index contributed by atoms with van der Waals surface area (Å²) >= 11 is 0. The highest BCUT2D eigenvalue weighted by atomic mass is 16.5. The Labute approximate surface area is 146 Å². The van der Waals surface area contributed by atoms with E-state index in [0.29, 0.717) is 5.82 Å². The molecule has 0 spiro atoms. The zero-order chi connectivity index (χ0) is 17.6. The van der Waals surface area contributed by atoms with Crippen LogP contribution >= 0.6 is 0 Å². The van der Waals surface area contributed by atoms with Gasteiger partial charge in [-0.3, -0.25) is 4.79 Å². The third kappa shape index (κ3) is 4.36. The van der Waals surface area contributed by atoms with Crippen LogP contribution in [0, 0.1) is 0 Å². The quantitative estimate of drug-likeness (QED) is 0.691. The summed E-state index contributed by atoms with van der Waals surface area (Å²) in [5.74, 6) is 1.25. The molecule has 1 atom stereocenters. The van der Waals surface area contributed by atoms with E-state index in [-0.39, 0.29) is 25.6 Å². The highest BCUT2D eigenvalue weighted by molar-refractivity contribution is 5.81. The number of fused-ring (bicyclic) bond motifs is 1. The molecule has 0 aliphatic heterocycles. The number of amides is 1. The van der Waals surface area contributed by atoms with Crippen LogP contribution in [0.25, 0.3) is 11.0 Å². The van der Waals surface area contributed by atoms with Crippen molar-refractivity contribution < 1.29 is 14.6 Å². The van der Waals surface area contributed by atoms with E-state index >= 15 is 0 Å². The first-order valence-corrected chi connectivity index (χ1v) is 8.20. The van der Waals surface area contributed by atoms with Crippen molar-refractivity contribution in [1.29, 1.82) is 0 Å². The van der Waals surface area contributed by atoms with Crippen molar-refractivity contribution in [3.63, 3.8) is 0 Å². The van der Waals surface area contributed by atoms with Gasteiger partial charge in [0.25, 0.3) is 0 Å². The third-order valence-corrected chi connectivity index (χ3v) is 3.74. The number of nitrogens with one attached hydrogen (secondary N) is 1. The minimum absolute atomic E-state index is 0.126. The fourth-order valence-electron chi connectivity index (χ4n) is 2.54. The molecule has 6 heteroatoms. The Kier molecular flexibility index (Phi) is 5.30. The van der Waals surface area contributed by atoms with Crippen LogP contribution in [-0.2, 0) is 17.9 Å². The van der Waals surface area contributed by atoms with Gasteiger partial charge in [0.05, 0.1) is 17.1 Å². The van der Waals surface area contributed by atoms with Crippen LogP contribution < -0.4 is 10.1 Å². The molecule has 0 saturated heterocycles. The number of imidazole rings is 1. The van der Waals surface area contributed by atoms with Crippen LogP contribution in [0.4, 0.5) is 0 Å². The highest BCUT2D eigenvalue weighted by Crippen LogP contribution is 2.18. The Morgan fingerprint density at radius 3 is 2.68 bits per heavy atom. The smallest absolute Gasteiger partial charge is 0.240 e. The predicted molar refractivity (Wildman–Crippen MR) is 95.2 cm³/mol. The molecule has 3 rings (SSSR count). The number of carbonyl (C=O) groups excluding carboxylic acids is 1. The molecular weight excluding hydrogens is 318 g/mol. The van der Waals surface area contributed by atoms with Crippen LogP contribution in [0.3, 0.4) is 0 Å². The maximum Gasteiger partial charge on any atom is 0.240 e. The van der Waals surface area contributed by atoms with Gasteiger partial charge >= 0.3 is 0 Å². The van der Waals surface area contributed by atoms with E-state index in [1.165, 1.54) is 0 Å². The number of aliphatic hydroxyl groups is 1. The Balaban J connectivity index is 1.80. The molecule has 1 unspecified atom stereocenters. The van der Waals surface area contributed by atoms with Gasteiger partial charge in [-0.25, -0.2) is 4.98 Å². The number of aliphatic hydroxyl groups excluding tert-OH is 1. The molecule has 2 aromatic carbocycles. The summed E-state index contributed by atoms with van der Waals surface area (Å²) < 4.78 is 7.63. The molecule has 6 nitrogen and oxygen atoms in total. The normalized spacial score (nSPS) is 12.1. The molecule has 2 N–H and O–H groups in total. The lowest BCUT2D eigenvalue weighted by atomic mass is 10.3. The maximum atomic E-state index is 12.2. The molecular formula is C19H21N3O3. The van der Waals surface area contributed by atoms with Crippen molar-refractivity contribution in [3.8, 4) is 5.75 Å². The SMILES string of the molecule is CC(O)CNC(=O)Cn1c(COc2ccccc2)nc2ccccc21. The number of hydrogen-bond donors (Lipinski definition) is 2. The molecule has 0 radical (unpaired) electrons. The van der Waals surface area contributed by atoms with E-state index in [9.17, 15) is 9.90 Å². The van der Waals surface area contributed by atoms with Crippen molar-refractivity contribution in [2.75, 3.05) is 6.54 Å². The van der Waals surface area contributed by atoms with E-state index < -0.39 is 6.10 Å². The monoisotopic (exact) mass is 339 g/mol. The van der Waals surface area contributed by atoms with Crippen LogP contribution in [-0.4, -0.2) is 33.2 Å². The summed E-state index contributed by atoms with van der Waals surface area (Å²) in [6, 6.07) is 17.1. The van der Waals surface area contributed by atoms with Gasteiger partial charge in [-0.2, -0.15) is 0 Å². The molecule has 0 fully saturated rings. The molecule has 0 saturated carbocycles. The Morgan fingerprint density at radius 1 is 1.20 bits per heavy atom. The highest BCUT2D eigenvalue weighted by Gasteiger charge is 2.14. The molecule has 0 aliphatic rings. The van der Waals surface area contributed by atoms with Gasteiger partial charge in [0.1, 0.15) is 24.7 Å². The second kappa shape index (κ2) is 7.81. The number of para-hydroxylation sites is 3. The van der Waals surface area contributed by atoms with Crippen molar-refractivity contribution in [2.45, 2.75) is 26.2 Å². The van der Waals surface area contributed by atoms with Crippen molar-refractivity contribution in [1.82, 2.24) is 14.9 Å². The minimum atomic E-state index is -0.579. The summed E-state index contributed by atoms with van der Waals surface area (Å²) in [6.07, 6.45) is -0.579. The Morgan fingerprint density at radius 2 is 1.92 bits per heavy atom. The second-order valence-electron chi connectivity index (χ2n) is 5.86. The average molecular weight is 339 g/mol. The first-order valence-electron chi connectivity index (χ1n) is 8.20. The minimum Gasteiger partial charge on any atom is -0.486 e. The zero-order valence-electron chi connectivity index (χ0n) is 14.1. The van der Waals surface area contributed by atoms with Crippen molar-refractivity contribution in [2.24, 2.45) is 0 Å². The number of nitrogens with zero attached hydrogens (tertiary/aromatic N) is 2. The van der Waals surface area contributed by atoms with Gasteiger partial charge in [-0.05, 0) is 31.2 Å². The van der Waals surface area contributed by atoms with E-state index in [4.69, 9.17) is 4.74 Å².